The van der Waals surface area contributed by atoms with E-state index in [1.165, 1.54) is 12.1 Å². The second-order valence-electron chi connectivity index (χ2n) is 4.81. The molecule has 0 spiro atoms. The van der Waals surface area contributed by atoms with Crippen LogP contribution in [0.4, 0.5) is 8.78 Å². The Labute approximate surface area is 95.9 Å². The number of nitrogens with one attached hydrogen (secondary N) is 1. The molecule has 0 amide bonds. The highest BCUT2D eigenvalue weighted by atomic mass is 19.1. The molecule has 1 rings (SSSR count). The summed E-state index contributed by atoms with van der Waals surface area (Å²) in [6.07, 6.45) is 0.954. The van der Waals surface area contributed by atoms with E-state index < -0.39 is 11.6 Å². The molecule has 1 atom stereocenters. The molecule has 1 N–H and O–H groups in total. The van der Waals surface area contributed by atoms with E-state index in [0.29, 0.717) is 5.56 Å². The summed E-state index contributed by atoms with van der Waals surface area (Å²) in [5, 5.41) is 3.34. The van der Waals surface area contributed by atoms with Gasteiger partial charge in [0.1, 0.15) is 11.6 Å². The Kier molecular flexibility index (Phi) is 4.03. The molecule has 1 aromatic rings. The van der Waals surface area contributed by atoms with Crippen molar-refractivity contribution >= 4 is 0 Å². The van der Waals surface area contributed by atoms with Gasteiger partial charge in [0.05, 0.1) is 0 Å². The van der Waals surface area contributed by atoms with Gasteiger partial charge in [-0.3, -0.25) is 0 Å². The normalized spacial score (nSPS) is 13.9. The first kappa shape index (κ1) is 13.1. The fraction of sp³-hybridized carbons (Fsp3) is 0.538. The fourth-order valence-electron chi connectivity index (χ4n) is 1.60. The minimum atomic E-state index is -0.530. The lowest BCUT2D eigenvalue weighted by molar-refractivity contribution is 0.336. The summed E-state index contributed by atoms with van der Waals surface area (Å²) in [5.41, 5.74) is 0.599. The summed E-state index contributed by atoms with van der Waals surface area (Å²) in [7, 11) is 0. The highest BCUT2D eigenvalue weighted by molar-refractivity contribution is 5.21. The van der Waals surface area contributed by atoms with Gasteiger partial charge >= 0.3 is 0 Å². The van der Waals surface area contributed by atoms with Crippen LogP contribution in [-0.4, -0.2) is 5.54 Å². The zero-order chi connectivity index (χ0) is 12.3. The molecule has 16 heavy (non-hydrogen) atoms. The van der Waals surface area contributed by atoms with E-state index >= 15 is 0 Å². The van der Waals surface area contributed by atoms with Crippen LogP contribution >= 0.6 is 0 Å². The smallest absolute Gasteiger partial charge is 0.126 e. The topological polar surface area (TPSA) is 12.0 Å². The third-order valence-corrected chi connectivity index (χ3v) is 2.88. The van der Waals surface area contributed by atoms with Gasteiger partial charge in [-0.15, -0.1) is 0 Å². The number of hydrogen-bond donors (Lipinski definition) is 1. The van der Waals surface area contributed by atoms with Crippen molar-refractivity contribution in [3.05, 3.63) is 35.4 Å². The van der Waals surface area contributed by atoms with Crippen LogP contribution in [-0.2, 0) is 0 Å². The minimum absolute atomic E-state index is 0.0395. The lowest BCUT2D eigenvalue weighted by Gasteiger charge is -2.29. The van der Waals surface area contributed by atoms with Crippen molar-refractivity contribution in [1.29, 1.82) is 0 Å². The van der Waals surface area contributed by atoms with E-state index in [4.69, 9.17) is 0 Å². The van der Waals surface area contributed by atoms with Crippen LogP contribution in [0.2, 0.25) is 0 Å². The van der Waals surface area contributed by atoms with Crippen LogP contribution in [0.5, 0.6) is 0 Å². The summed E-state index contributed by atoms with van der Waals surface area (Å²) < 4.78 is 26.1. The molecule has 0 aliphatic rings. The molecule has 0 saturated carbocycles. The summed E-state index contributed by atoms with van der Waals surface area (Å²) in [6, 6.07) is 3.56. The van der Waals surface area contributed by atoms with E-state index in [2.05, 4.69) is 26.1 Å². The van der Waals surface area contributed by atoms with Crippen molar-refractivity contribution < 1.29 is 8.78 Å². The van der Waals surface area contributed by atoms with Crippen molar-refractivity contribution in [1.82, 2.24) is 5.32 Å². The van der Waals surface area contributed by atoms with E-state index in [1.807, 2.05) is 6.92 Å². The van der Waals surface area contributed by atoms with Crippen molar-refractivity contribution in [2.45, 2.75) is 45.7 Å². The van der Waals surface area contributed by atoms with Crippen LogP contribution in [0, 0.1) is 11.6 Å². The molecule has 0 radical (unpaired) electrons. The quantitative estimate of drug-likeness (QED) is 0.824. The van der Waals surface area contributed by atoms with Crippen molar-refractivity contribution in [2.24, 2.45) is 0 Å². The molecule has 0 saturated heterocycles. The van der Waals surface area contributed by atoms with Gasteiger partial charge in [-0.25, -0.2) is 8.78 Å². The molecule has 0 bridgehead atoms. The van der Waals surface area contributed by atoms with Gasteiger partial charge in [0.15, 0.2) is 0 Å². The largest absolute Gasteiger partial charge is 0.305 e. The summed E-state index contributed by atoms with van der Waals surface area (Å²) in [6.45, 7) is 8.12. The van der Waals surface area contributed by atoms with Crippen LogP contribution in [0.1, 0.15) is 45.7 Å². The summed E-state index contributed by atoms with van der Waals surface area (Å²) in [4.78, 5) is 0. The fourth-order valence-corrected chi connectivity index (χ4v) is 1.60. The predicted octanol–water partition coefficient (Wildman–Crippen LogP) is 3.80. The Morgan fingerprint density at radius 1 is 1.19 bits per heavy atom. The van der Waals surface area contributed by atoms with E-state index in [0.717, 1.165) is 12.5 Å². The average Bonchev–Trinajstić information content (AvgIpc) is 2.15. The molecular formula is C13H19F2N. The Morgan fingerprint density at radius 3 is 2.12 bits per heavy atom. The maximum absolute atomic E-state index is 13.0. The van der Waals surface area contributed by atoms with E-state index in [9.17, 15) is 8.78 Å². The van der Waals surface area contributed by atoms with Gasteiger partial charge < -0.3 is 5.32 Å². The molecule has 1 aromatic carbocycles. The molecule has 90 valence electrons. The zero-order valence-corrected chi connectivity index (χ0v) is 10.3. The van der Waals surface area contributed by atoms with Gasteiger partial charge in [-0.1, -0.05) is 6.92 Å². The molecule has 0 fully saturated rings. The Hall–Kier alpha value is -0.960. The highest BCUT2D eigenvalue weighted by Crippen LogP contribution is 2.20. The van der Waals surface area contributed by atoms with E-state index in [1.54, 1.807) is 0 Å². The molecule has 0 aliphatic carbocycles. The van der Waals surface area contributed by atoms with Crippen molar-refractivity contribution in [3.63, 3.8) is 0 Å². The standard InChI is InChI=1S/C13H19F2N/c1-5-13(3,4)16-9(2)10-6-11(14)8-12(15)7-10/h6-9,16H,5H2,1-4H3. The number of hydrogen-bond acceptors (Lipinski definition) is 1. The van der Waals surface area contributed by atoms with Gasteiger partial charge in [0, 0.05) is 17.6 Å². The van der Waals surface area contributed by atoms with Gasteiger partial charge in [-0.2, -0.15) is 0 Å². The van der Waals surface area contributed by atoms with Crippen molar-refractivity contribution in [3.8, 4) is 0 Å². The number of rotatable bonds is 4. The van der Waals surface area contributed by atoms with Crippen LogP contribution < -0.4 is 5.32 Å². The average molecular weight is 227 g/mol. The Morgan fingerprint density at radius 2 is 1.69 bits per heavy atom. The van der Waals surface area contributed by atoms with Crippen LogP contribution in [0.3, 0.4) is 0 Å². The monoisotopic (exact) mass is 227 g/mol. The maximum atomic E-state index is 13.0. The second-order valence-corrected chi connectivity index (χ2v) is 4.81. The lowest BCUT2D eigenvalue weighted by atomic mass is 9.98. The minimum Gasteiger partial charge on any atom is -0.305 e. The molecule has 0 aromatic heterocycles. The summed E-state index contributed by atoms with van der Waals surface area (Å²) in [5.74, 6) is -1.06. The maximum Gasteiger partial charge on any atom is 0.126 e. The third kappa shape index (κ3) is 3.56. The first-order valence-corrected chi connectivity index (χ1v) is 5.58. The number of benzene rings is 1. The molecule has 3 heteroatoms. The predicted molar refractivity (Wildman–Crippen MR) is 62.3 cm³/mol. The third-order valence-electron chi connectivity index (χ3n) is 2.88. The second kappa shape index (κ2) is 4.91. The number of halogens is 2. The highest BCUT2D eigenvalue weighted by Gasteiger charge is 2.19. The molecular weight excluding hydrogens is 208 g/mol. The Balaban J connectivity index is 2.84. The van der Waals surface area contributed by atoms with Gasteiger partial charge in [0.25, 0.3) is 0 Å². The molecule has 0 aliphatic heterocycles. The zero-order valence-electron chi connectivity index (χ0n) is 10.3. The molecule has 1 unspecified atom stereocenters. The molecule has 1 nitrogen and oxygen atoms in total. The SMILES string of the molecule is CCC(C)(C)NC(C)c1cc(F)cc(F)c1. The first-order chi connectivity index (χ1) is 7.34. The van der Waals surface area contributed by atoms with Gasteiger partial charge in [-0.05, 0) is 44.9 Å². The van der Waals surface area contributed by atoms with Crippen LogP contribution in [0.25, 0.3) is 0 Å². The van der Waals surface area contributed by atoms with Gasteiger partial charge in [0.2, 0.25) is 0 Å². The molecule has 0 heterocycles. The lowest BCUT2D eigenvalue weighted by Crippen LogP contribution is -2.40. The summed E-state index contributed by atoms with van der Waals surface area (Å²) >= 11 is 0. The first-order valence-electron chi connectivity index (χ1n) is 5.58. The van der Waals surface area contributed by atoms with E-state index in [-0.39, 0.29) is 11.6 Å². The van der Waals surface area contributed by atoms with Crippen molar-refractivity contribution in [2.75, 3.05) is 0 Å². The Bertz CT molecular complexity index is 341. The van der Waals surface area contributed by atoms with Crippen LogP contribution in [0.15, 0.2) is 18.2 Å².